The molecule has 0 aromatic carbocycles. The van der Waals surface area contributed by atoms with Crippen LogP contribution in [0.25, 0.3) is 0 Å². The number of hydrogen-bond donors (Lipinski definition) is 1. The SMILES string of the molecule is NCCC1=C(Cl)CC=CC=C1. The Morgan fingerprint density at radius 1 is 1.45 bits per heavy atom. The van der Waals surface area contributed by atoms with Crippen LogP contribution in [-0.4, -0.2) is 6.54 Å². The van der Waals surface area contributed by atoms with Crippen LogP contribution in [0.4, 0.5) is 0 Å². The van der Waals surface area contributed by atoms with Crippen LogP contribution in [0.3, 0.4) is 0 Å². The van der Waals surface area contributed by atoms with Crippen LogP contribution in [0.2, 0.25) is 0 Å². The Kier molecular flexibility index (Phi) is 3.40. The molecule has 11 heavy (non-hydrogen) atoms. The second kappa shape index (κ2) is 4.37. The summed E-state index contributed by atoms with van der Waals surface area (Å²) >= 11 is 5.99. The summed E-state index contributed by atoms with van der Waals surface area (Å²) in [6.07, 6.45) is 9.79. The molecule has 1 aliphatic carbocycles. The van der Waals surface area contributed by atoms with Crippen molar-refractivity contribution in [3.8, 4) is 0 Å². The van der Waals surface area contributed by atoms with E-state index in [4.69, 9.17) is 17.3 Å². The fourth-order valence-electron chi connectivity index (χ4n) is 1.02. The third-order valence-electron chi connectivity index (χ3n) is 1.60. The zero-order chi connectivity index (χ0) is 8.10. The molecule has 2 heteroatoms. The van der Waals surface area contributed by atoms with E-state index in [9.17, 15) is 0 Å². The lowest BCUT2D eigenvalue weighted by atomic mass is 10.1. The number of allylic oxidation sites excluding steroid dienone is 5. The minimum atomic E-state index is 0.663. The molecule has 0 aliphatic heterocycles. The summed E-state index contributed by atoms with van der Waals surface area (Å²) in [4.78, 5) is 0. The summed E-state index contributed by atoms with van der Waals surface area (Å²) < 4.78 is 0. The standard InChI is InChI=1S/C9H12ClN/c10-9-5-3-1-2-4-8(9)6-7-11/h1-4H,5-7,11H2. The molecular weight excluding hydrogens is 158 g/mol. The van der Waals surface area contributed by atoms with Gasteiger partial charge in [0.1, 0.15) is 0 Å². The topological polar surface area (TPSA) is 26.0 Å². The van der Waals surface area contributed by atoms with Crippen molar-refractivity contribution in [2.75, 3.05) is 6.54 Å². The van der Waals surface area contributed by atoms with Crippen LogP contribution in [0.1, 0.15) is 12.8 Å². The van der Waals surface area contributed by atoms with E-state index in [1.165, 1.54) is 5.57 Å². The number of halogens is 1. The van der Waals surface area contributed by atoms with E-state index < -0.39 is 0 Å². The van der Waals surface area contributed by atoms with Crippen LogP contribution in [0, 0.1) is 0 Å². The Labute approximate surface area is 72.2 Å². The molecule has 0 unspecified atom stereocenters. The van der Waals surface area contributed by atoms with Gasteiger partial charge in [-0.1, -0.05) is 35.9 Å². The van der Waals surface area contributed by atoms with Crippen molar-refractivity contribution in [2.45, 2.75) is 12.8 Å². The van der Waals surface area contributed by atoms with Crippen molar-refractivity contribution in [3.05, 3.63) is 34.9 Å². The Balaban J connectivity index is 2.72. The zero-order valence-electron chi connectivity index (χ0n) is 6.39. The van der Waals surface area contributed by atoms with E-state index in [1.807, 2.05) is 24.3 Å². The lowest BCUT2D eigenvalue weighted by Gasteiger charge is -2.00. The maximum absolute atomic E-state index is 5.99. The number of rotatable bonds is 2. The van der Waals surface area contributed by atoms with E-state index in [-0.39, 0.29) is 0 Å². The van der Waals surface area contributed by atoms with Gasteiger partial charge in [0, 0.05) is 11.5 Å². The maximum Gasteiger partial charge on any atom is 0.0251 e. The molecule has 0 saturated heterocycles. The minimum Gasteiger partial charge on any atom is -0.330 e. The molecular formula is C9H12ClN. The van der Waals surface area contributed by atoms with E-state index >= 15 is 0 Å². The third-order valence-corrected chi connectivity index (χ3v) is 2.00. The van der Waals surface area contributed by atoms with Crippen molar-refractivity contribution in [2.24, 2.45) is 5.73 Å². The van der Waals surface area contributed by atoms with Gasteiger partial charge in [0.05, 0.1) is 0 Å². The molecule has 2 N–H and O–H groups in total. The first-order valence-corrected chi connectivity index (χ1v) is 4.13. The largest absolute Gasteiger partial charge is 0.330 e. The first-order chi connectivity index (χ1) is 5.34. The molecule has 0 bridgehead atoms. The highest BCUT2D eigenvalue weighted by molar-refractivity contribution is 6.30. The van der Waals surface area contributed by atoms with Gasteiger partial charge in [0.15, 0.2) is 0 Å². The van der Waals surface area contributed by atoms with E-state index in [1.54, 1.807) is 0 Å². The minimum absolute atomic E-state index is 0.663. The van der Waals surface area contributed by atoms with Crippen molar-refractivity contribution in [1.82, 2.24) is 0 Å². The quantitative estimate of drug-likeness (QED) is 0.675. The van der Waals surface area contributed by atoms with Crippen molar-refractivity contribution in [1.29, 1.82) is 0 Å². The molecule has 0 heterocycles. The Morgan fingerprint density at radius 3 is 3.00 bits per heavy atom. The van der Waals surface area contributed by atoms with Crippen molar-refractivity contribution in [3.63, 3.8) is 0 Å². The van der Waals surface area contributed by atoms with Crippen LogP contribution < -0.4 is 5.73 Å². The van der Waals surface area contributed by atoms with Crippen LogP contribution in [0.5, 0.6) is 0 Å². The summed E-state index contributed by atoms with van der Waals surface area (Å²) in [6, 6.07) is 0. The van der Waals surface area contributed by atoms with Crippen LogP contribution in [-0.2, 0) is 0 Å². The monoisotopic (exact) mass is 169 g/mol. The summed E-state index contributed by atoms with van der Waals surface area (Å²) in [5.74, 6) is 0. The molecule has 0 fully saturated rings. The average molecular weight is 170 g/mol. The molecule has 1 aliphatic rings. The Hall–Kier alpha value is -0.530. The van der Waals surface area contributed by atoms with Gasteiger partial charge in [-0.15, -0.1) is 0 Å². The smallest absolute Gasteiger partial charge is 0.0251 e. The van der Waals surface area contributed by atoms with Gasteiger partial charge in [0.2, 0.25) is 0 Å². The van der Waals surface area contributed by atoms with Gasteiger partial charge in [-0.05, 0) is 18.5 Å². The molecule has 60 valence electrons. The summed E-state index contributed by atoms with van der Waals surface area (Å²) in [6.45, 7) is 0.663. The molecule has 0 aromatic heterocycles. The molecule has 0 radical (unpaired) electrons. The summed E-state index contributed by atoms with van der Waals surface area (Å²) in [7, 11) is 0. The van der Waals surface area contributed by atoms with Gasteiger partial charge in [0.25, 0.3) is 0 Å². The molecule has 1 nitrogen and oxygen atoms in total. The fourth-order valence-corrected chi connectivity index (χ4v) is 1.26. The first-order valence-electron chi connectivity index (χ1n) is 3.75. The molecule has 0 saturated carbocycles. The maximum atomic E-state index is 5.99. The highest BCUT2D eigenvalue weighted by Crippen LogP contribution is 2.20. The second-order valence-electron chi connectivity index (χ2n) is 2.46. The van der Waals surface area contributed by atoms with Gasteiger partial charge >= 0.3 is 0 Å². The van der Waals surface area contributed by atoms with Crippen LogP contribution >= 0.6 is 11.6 Å². The fraction of sp³-hybridized carbons (Fsp3) is 0.333. The predicted molar refractivity (Wildman–Crippen MR) is 49.4 cm³/mol. The van der Waals surface area contributed by atoms with E-state index in [0.717, 1.165) is 17.9 Å². The molecule has 0 atom stereocenters. The predicted octanol–water partition coefficient (Wildman–Crippen LogP) is 2.34. The number of hydrogen-bond acceptors (Lipinski definition) is 1. The van der Waals surface area contributed by atoms with E-state index in [2.05, 4.69) is 0 Å². The lowest BCUT2D eigenvalue weighted by Crippen LogP contribution is -1.99. The van der Waals surface area contributed by atoms with Gasteiger partial charge in [-0.25, -0.2) is 0 Å². The van der Waals surface area contributed by atoms with Gasteiger partial charge < -0.3 is 5.73 Å². The van der Waals surface area contributed by atoms with Crippen LogP contribution in [0.15, 0.2) is 34.9 Å². The highest BCUT2D eigenvalue weighted by atomic mass is 35.5. The summed E-state index contributed by atoms with van der Waals surface area (Å²) in [5, 5.41) is 0.917. The van der Waals surface area contributed by atoms with Gasteiger partial charge in [-0.3, -0.25) is 0 Å². The van der Waals surface area contributed by atoms with Gasteiger partial charge in [-0.2, -0.15) is 0 Å². The van der Waals surface area contributed by atoms with Crippen molar-refractivity contribution >= 4 is 11.6 Å². The van der Waals surface area contributed by atoms with E-state index in [0.29, 0.717) is 6.54 Å². The normalized spacial score (nSPS) is 17.3. The number of nitrogens with two attached hydrogens (primary N) is 1. The molecule has 0 amide bonds. The Morgan fingerprint density at radius 2 is 2.27 bits per heavy atom. The summed E-state index contributed by atoms with van der Waals surface area (Å²) in [5.41, 5.74) is 6.59. The molecule has 0 aromatic rings. The first kappa shape index (κ1) is 8.57. The zero-order valence-corrected chi connectivity index (χ0v) is 7.14. The third kappa shape index (κ3) is 2.52. The van der Waals surface area contributed by atoms with Crippen molar-refractivity contribution < 1.29 is 0 Å². The molecule has 1 rings (SSSR count). The molecule has 0 spiro atoms. The lowest BCUT2D eigenvalue weighted by molar-refractivity contribution is 0.964. The Bertz CT molecular complexity index is 214. The average Bonchev–Trinajstić information content (AvgIpc) is 2.18. The highest BCUT2D eigenvalue weighted by Gasteiger charge is 2.00. The second-order valence-corrected chi connectivity index (χ2v) is 2.92.